The zero-order valence-electron chi connectivity index (χ0n) is 9.75. The fourth-order valence-corrected chi connectivity index (χ4v) is 1.68. The van der Waals surface area contributed by atoms with E-state index in [1.54, 1.807) is 18.6 Å². The molecule has 0 spiro atoms. The van der Waals surface area contributed by atoms with Crippen molar-refractivity contribution in [1.82, 2.24) is 30.1 Å². The molecular formula is C11H11N7. The first-order valence-electron chi connectivity index (χ1n) is 5.49. The summed E-state index contributed by atoms with van der Waals surface area (Å²) in [6.45, 7) is 2.49. The van der Waals surface area contributed by atoms with E-state index in [4.69, 9.17) is 0 Å². The Morgan fingerprint density at radius 2 is 2.06 bits per heavy atom. The molecule has 0 amide bonds. The lowest BCUT2D eigenvalue weighted by molar-refractivity contribution is 0.958. The molecule has 0 atom stereocenters. The number of anilines is 1. The number of fused-ring (bicyclic) bond motifs is 1. The number of aromatic amines is 1. The molecule has 3 heterocycles. The van der Waals surface area contributed by atoms with Crippen LogP contribution in [-0.2, 0) is 6.54 Å². The largest absolute Gasteiger partial charge is 0.364 e. The molecule has 0 saturated carbocycles. The smallest absolute Gasteiger partial charge is 0.160 e. The van der Waals surface area contributed by atoms with Crippen molar-refractivity contribution in [2.75, 3.05) is 5.32 Å². The monoisotopic (exact) mass is 241 g/mol. The van der Waals surface area contributed by atoms with E-state index < -0.39 is 0 Å². The Morgan fingerprint density at radius 1 is 1.17 bits per heavy atom. The van der Waals surface area contributed by atoms with Gasteiger partial charge in [0.2, 0.25) is 0 Å². The van der Waals surface area contributed by atoms with Gasteiger partial charge in [0.25, 0.3) is 0 Å². The topological polar surface area (TPSA) is 92.3 Å². The molecule has 0 aromatic carbocycles. The van der Waals surface area contributed by atoms with Crippen molar-refractivity contribution in [3.05, 3.63) is 36.3 Å². The van der Waals surface area contributed by atoms with Crippen LogP contribution in [0, 0.1) is 6.92 Å². The van der Waals surface area contributed by atoms with Crippen molar-refractivity contribution >= 4 is 16.9 Å². The molecule has 0 radical (unpaired) electrons. The Labute approximate surface area is 103 Å². The van der Waals surface area contributed by atoms with Crippen LogP contribution in [0.4, 0.5) is 5.82 Å². The Bertz CT molecular complexity index is 676. The highest BCUT2D eigenvalue weighted by Crippen LogP contribution is 2.16. The molecule has 0 aliphatic rings. The molecule has 0 unspecified atom stereocenters. The summed E-state index contributed by atoms with van der Waals surface area (Å²) in [5, 5.41) is 10.8. The van der Waals surface area contributed by atoms with Crippen LogP contribution >= 0.6 is 0 Å². The minimum absolute atomic E-state index is 0.566. The van der Waals surface area contributed by atoms with Crippen LogP contribution in [-0.4, -0.2) is 30.1 Å². The van der Waals surface area contributed by atoms with Crippen molar-refractivity contribution in [3.8, 4) is 0 Å². The van der Waals surface area contributed by atoms with E-state index in [-0.39, 0.29) is 0 Å². The van der Waals surface area contributed by atoms with Crippen LogP contribution in [0.2, 0.25) is 0 Å². The van der Waals surface area contributed by atoms with Gasteiger partial charge in [0, 0.05) is 12.4 Å². The van der Waals surface area contributed by atoms with E-state index >= 15 is 0 Å². The van der Waals surface area contributed by atoms with Crippen molar-refractivity contribution < 1.29 is 0 Å². The number of hydrogen-bond acceptors (Lipinski definition) is 6. The maximum atomic E-state index is 4.27. The molecule has 0 bridgehead atoms. The molecular weight excluding hydrogens is 230 g/mol. The van der Waals surface area contributed by atoms with Crippen molar-refractivity contribution in [2.24, 2.45) is 0 Å². The Balaban J connectivity index is 1.85. The van der Waals surface area contributed by atoms with Crippen LogP contribution in [0.3, 0.4) is 0 Å². The van der Waals surface area contributed by atoms with Crippen molar-refractivity contribution in [3.63, 3.8) is 0 Å². The fraction of sp³-hybridized carbons (Fsp3) is 0.182. The van der Waals surface area contributed by atoms with Gasteiger partial charge in [-0.15, -0.1) is 0 Å². The maximum absolute atomic E-state index is 4.27. The molecule has 7 nitrogen and oxygen atoms in total. The predicted octanol–water partition coefficient (Wildman–Crippen LogP) is 1.06. The summed E-state index contributed by atoms with van der Waals surface area (Å²) in [5.41, 5.74) is 2.51. The molecule has 7 heteroatoms. The highest BCUT2D eigenvalue weighted by atomic mass is 15.2. The van der Waals surface area contributed by atoms with E-state index in [1.165, 1.54) is 6.33 Å². The maximum Gasteiger partial charge on any atom is 0.160 e. The first-order valence-corrected chi connectivity index (χ1v) is 5.49. The molecule has 90 valence electrons. The standard InChI is InChI=1S/C11H11N7/c1-7-9(13-3-2-12-7)5-14-10-8-4-17-18-11(8)16-6-15-10/h2-4,6H,5H2,1H3,(H2,14,15,16,17,18). The van der Waals surface area contributed by atoms with Gasteiger partial charge in [-0.05, 0) is 6.92 Å². The highest BCUT2D eigenvalue weighted by molar-refractivity contribution is 5.85. The fourth-order valence-electron chi connectivity index (χ4n) is 1.68. The van der Waals surface area contributed by atoms with Gasteiger partial charge in [-0.25, -0.2) is 9.97 Å². The van der Waals surface area contributed by atoms with E-state index in [2.05, 4.69) is 35.5 Å². The first kappa shape index (κ1) is 10.6. The normalized spacial score (nSPS) is 10.7. The molecule has 0 saturated heterocycles. The van der Waals surface area contributed by atoms with Gasteiger partial charge in [-0.1, -0.05) is 0 Å². The predicted molar refractivity (Wildman–Crippen MR) is 65.8 cm³/mol. The van der Waals surface area contributed by atoms with Gasteiger partial charge in [-0.2, -0.15) is 5.10 Å². The minimum Gasteiger partial charge on any atom is -0.364 e. The van der Waals surface area contributed by atoms with Crippen LogP contribution in [0.25, 0.3) is 11.0 Å². The Kier molecular flexibility index (Phi) is 2.56. The number of H-pyrrole nitrogens is 1. The van der Waals surface area contributed by atoms with Gasteiger partial charge >= 0.3 is 0 Å². The Hall–Kier alpha value is -2.57. The summed E-state index contributed by atoms with van der Waals surface area (Å²) in [5.74, 6) is 0.735. The van der Waals surface area contributed by atoms with Gasteiger partial charge in [0.15, 0.2) is 5.65 Å². The summed E-state index contributed by atoms with van der Waals surface area (Å²) in [4.78, 5) is 16.7. The third kappa shape index (κ3) is 1.86. The molecule has 0 aliphatic carbocycles. The highest BCUT2D eigenvalue weighted by Gasteiger charge is 2.06. The third-order valence-electron chi connectivity index (χ3n) is 2.65. The molecule has 3 aromatic rings. The molecule has 3 rings (SSSR count). The van der Waals surface area contributed by atoms with Gasteiger partial charge in [-0.3, -0.25) is 15.1 Å². The summed E-state index contributed by atoms with van der Waals surface area (Å²) < 4.78 is 0. The molecule has 18 heavy (non-hydrogen) atoms. The van der Waals surface area contributed by atoms with Crippen LogP contribution in [0.15, 0.2) is 24.9 Å². The van der Waals surface area contributed by atoms with Gasteiger partial charge < -0.3 is 5.32 Å². The zero-order chi connectivity index (χ0) is 12.4. The van der Waals surface area contributed by atoms with Crippen LogP contribution in [0.1, 0.15) is 11.4 Å². The van der Waals surface area contributed by atoms with Gasteiger partial charge in [0.05, 0.1) is 29.5 Å². The second kappa shape index (κ2) is 4.36. The lowest BCUT2D eigenvalue weighted by atomic mass is 10.3. The Morgan fingerprint density at radius 3 is 2.94 bits per heavy atom. The number of aromatic nitrogens is 6. The van der Waals surface area contributed by atoms with E-state index in [9.17, 15) is 0 Å². The number of rotatable bonds is 3. The molecule has 3 aromatic heterocycles. The number of hydrogen-bond donors (Lipinski definition) is 2. The first-order chi connectivity index (χ1) is 8.84. The average Bonchev–Trinajstić information content (AvgIpc) is 2.86. The lowest BCUT2D eigenvalue weighted by Gasteiger charge is -2.06. The molecule has 0 fully saturated rings. The second-order valence-corrected chi connectivity index (χ2v) is 3.80. The van der Waals surface area contributed by atoms with Gasteiger partial charge in [0.1, 0.15) is 12.1 Å². The lowest BCUT2D eigenvalue weighted by Crippen LogP contribution is -2.06. The van der Waals surface area contributed by atoms with Crippen molar-refractivity contribution in [1.29, 1.82) is 0 Å². The van der Waals surface area contributed by atoms with E-state index in [1.807, 2.05) is 6.92 Å². The summed E-state index contributed by atoms with van der Waals surface area (Å²) in [7, 11) is 0. The minimum atomic E-state index is 0.566. The molecule has 2 N–H and O–H groups in total. The third-order valence-corrected chi connectivity index (χ3v) is 2.65. The SMILES string of the molecule is Cc1nccnc1CNc1ncnc2[nH]ncc12. The van der Waals surface area contributed by atoms with Crippen molar-refractivity contribution in [2.45, 2.75) is 13.5 Å². The summed E-state index contributed by atoms with van der Waals surface area (Å²) in [6.07, 6.45) is 6.54. The van der Waals surface area contributed by atoms with Crippen LogP contribution < -0.4 is 5.32 Å². The van der Waals surface area contributed by atoms with Crippen LogP contribution in [0.5, 0.6) is 0 Å². The molecule has 0 aliphatic heterocycles. The second-order valence-electron chi connectivity index (χ2n) is 3.80. The summed E-state index contributed by atoms with van der Waals surface area (Å²) >= 11 is 0. The van der Waals surface area contributed by atoms with E-state index in [0.717, 1.165) is 22.6 Å². The average molecular weight is 241 g/mol. The number of nitrogens with one attached hydrogen (secondary N) is 2. The quantitative estimate of drug-likeness (QED) is 0.712. The zero-order valence-corrected chi connectivity index (χ0v) is 9.75. The van der Waals surface area contributed by atoms with E-state index in [0.29, 0.717) is 12.2 Å². The number of nitrogens with zero attached hydrogens (tertiary/aromatic N) is 5. The summed E-state index contributed by atoms with van der Waals surface area (Å²) in [6, 6.07) is 0. The number of aryl methyl sites for hydroxylation is 1.